The summed E-state index contributed by atoms with van der Waals surface area (Å²) in [6.07, 6.45) is 4.54. The third-order valence-corrected chi connectivity index (χ3v) is 7.03. The minimum atomic E-state index is -0.768. The van der Waals surface area contributed by atoms with E-state index >= 15 is 0 Å². The highest BCUT2D eigenvalue weighted by molar-refractivity contribution is 5.88. The Bertz CT molecular complexity index is 1420. The lowest BCUT2D eigenvalue weighted by Gasteiger charge is -2.42. The highest BCUT2D eigenvalue weighted by atomic mass is 16.6. The average Bonchev–Trinajstić information content (AvgIpc) is 3.50. The van der Waals surface area contributed by atoms with Crippen molar-refractivity contribution in [2.45, 2.75) is 37.9 Å². The van der Waals surface area contributed by atoms with Crippen molar-refractivity contribution in [3.05, 3.63) is 107 Å². The van der Waals surface area contributed by atoms with E-state index in [4.69, 9.17) is 9.47 Å². The molecule has 0 bridgehead atoms. The molecular formula is C28H28N4O4. The molecule has 36 heavy (non-hydrogen) atoms. The fourth-order valence-corrected chi connectivity index (χ4v) is 5.10. The standard InChI is InChI=1S/C28H28N4O4/c1-17-9-5-6-10-19(17)24-21-12-8-7-11-20(21)18(2)25(35-27(33)22-13-29-15-31(22)3)26(24)36-28(34)23-14-30-16-32(23)4/h5-16,18,24-26H,1-4H3/t18?,24-,25?,26?/m0/s1. The SMILES string of the molecule is Cc1ccccc1[C@H]1c2ccccc2C(C)C(OC(=O)c2cncn2C)C1OC(=O)c1cncn1C. The number of ether oxygens (including phenoxy) is 2. The van der Waals surface area contributed by atoms with Crippen LogP contribution < -0.4 is 0 Å². The Morgan fingerprint density at radius 2 is 1.25 bits per heavy atom. The quantitative estimate of drug-likeness (QED) is 0.395. The number of rotatable bonds is 5. The first-order valence-corrected chi connectivity index (χ1v) is 11.9. The minimum Gasteiger partial charge on any atom is -0.453 e. The maximum Gasteiger partial charge on any atom is 0.357 e. The van der Waals surface area contributed by atoms with Crippen LogP contribution in [0.5, 0.6) is 0 Å². The number of carbonyl (C=O) groups is 2. The lowest BCUT2D eigenvalue weighted by Crippen LogP contribution is -2.47. The Balaban J connectivity index is 1.63. The number of fused-ring (bicyclic) bond motifs is 1. The van der Waals surface area contributed by atoms with Gasteiger partial charge in [0.2, 0.25) is 0 Å². The van der Waals surface area contributed by atoms with Gasteiger partial charge in [-0.3, -0.25) is 0 Å². The van der Waals surface area contributed by atoms with Gasteiger partial charge in [0.15, 0.2) is 6.10 Å². The van der Waals surface area contributed by atoms with Crippen LogP contribution >= 0.6 is 0 Å². The molecule has 0 saturated heterocycles. The predicted molar refractivity (Wildman–Crippen MR) is 133 cm³/mol. The molecule has 0 saturated carbocycles. The number of esters is 2. The van der Waals surface area contributed by atoms with E-state index in [1.165, 1.54) is 12.4 Å². The van der Waals surface area contributed by atoms with Crippen molar-refractivity contribution in [2.75, 3.05) is 0 Å². The van der Waals surface area contributed by atoms with E-state index in [2.05, 4.69) is 22.1 Å². The highest BCUT2D eigenvalue weighted by Gasteiger charge is 2.47. The largest absolute Gasteiger partial charge is 0.453 e. The number of carbonyl (C=O) groups excluding carboxylic acids is 2. The normalized spacial score (nSPS) is 21.0. The summed E-state index contributed by atoms with van der Waals surface area (Å²) in [5.41, 5.74) is 4.83. The minimum absolute atomic E-state index is 0.219. The molecule has 0 spiro atoms. The highest BCUT2D eigenvalue weighted by Crippen LogP contribution is 2.46. The maximum absolute atomic E-state index is 13.4. The van der Waals surface area contributed by atoms with Gasteiger partial charge < -0.3 is 18.6 Å². The smallest absolute Gasteiger partial charge is 0.357 e. The Morgan fingerprint density at radius 3 is 1.78 bits per heavy atom. The van der Waals surface area contributed by atoms with E-state index in [1.807, 2.05) is 50.2 Å². The molecule has 1 aliphatic carbocycles. The van der Waals surface area contributed by atoms with Gasteiger partial charge in [0, 0.05) is 20.0 Å². The monoisotopic (exact) mass is 484 g/mol. The second-order valence-corrected chi connectivity index (χ2v) is 9.27. The molecule has 4 aromatic rings. The second-order valence-electron chi connectivity index (χ2n) is 9.27. The van der Waals surface area contributed by atoms with E-state index in [1.54, 1.807) is 35.9 Å². The summed E-state index contributed by atoms with van der Waals surface area (Å²) in [4.78, 5) is 34.7. The van der Waals surface area contributed by atoms with Gasteiger partial charge >= 0.3 is 11.9 Å². The van der Waals surface area contributed by atoms with Crippen LogP contribution in [0.2, 0.25) is 0 Å². The number of nitrogens with zero attached hydrogens (tertiary/aromatic N) is 4. The average molecular weight is 485 g/mol. The lowest BCUT2D eigenvalue weighted by molar-refractivity contribution is -0.0540. The summed E-state index contributed by atoms with van der Waals surface area (Å²) in [6.45, 7) is 4.03. The molecule has 0 fully saturated rings. The van der Waals surface area contributed by atoms with Crippen LogP contribution in [0.15, 0.2) is 73.6 Å². The molecule has 8 heteroatoms. The van der Waals surface area contributed by atoms with Gasteiger partial charge in [-0.15, -0.1) is 0 Å². The van der Waals surface area contributed by atoms with Gasteiger partial charge in [-0.2, -0.15) is 0 Å². The Hall–Kier alpha value is -4.20. The van der Waals surface area contributed by atoms with Crippen LogP contribution in [0.1, 0.15) is 62.0 Å². The maximum atomic E-state index is 13.4. The molecule has 4 atom stereocenters. The molecule has 1 aliphatic rings. The van der Waals surface area contributed by atoms with E-state index in [-0.39, 0.29) is 11.8 Å². The molecule has 5 rings (SSSR count). The van der Waals surface area contributed by atoms with Gasteiger partial charge in [-0.1, -0.05) is 55.5 Å². The van der Waals surface area contributed by atoms with Crippen molar-refractivity contribution in [1.82, 2.24) is 19.1 Å². The van der Waals surface area contributed by atoms with Crippen LogP contribution in [0, 0.1) is 6.92 Å². The first-order valence-electron chi connectivity index (χ1n) is 11.9. The van der Waals surface area contributed by atoms with E-state index in [0.29, 0.717) is 11.4 Å². The van der Waals surface area contributed by atoms with Crippen molar-refractivity contribution in [3.63, 3.8) is 0 Å². The molecule has 0 aliphatic heterocycles. The molecule has 0 amide bonds. The van der Waals surface area contributed by atoms with Crippen molar-refractivity contribution < 1.29 is 19.1 Å². The van der Waals surface area contributed by atoms with E-state index in [0.717, 1.165) is 22.3 Å². The van der Waals surface area contributed by atoms with Crippen LogP contribution in [0.4, 0.5) is 0 Å². The molecule has 0 radical (unpaired) electrons. The van der Waals surface area contributed by atoms with Crippen LogP contribution in [-0.2, 0) is 23.6 Å². The number of aromatic nitrogens is 4. The molecule has 8 nitrogen and oxygen atoms in total. The predicted octanol–water partition coefficient (Wildman–Crippen LogP) is 4.16. The van der Waals surface area contributed by atoms with Gasteiger partial charge in [-0.05, 0) is 29.2 Å². The van der Waals surface area contributed by atoms with E-state index < -0.39 is 24.1 Å². The number of imidazole rings is 2. The Labute approximate surface area is 209 Å². The molecule has 3 unspecified atom stereocenters. The third kappa shape index (κ3) is 4.08. The summed E-state index contributed by atoms with van der Waals surface area (Å²) in [5.74, 6) is -1.59. The summed E-state index contributed by atoms with van der Waals surface area (Å²) in [7, 11) is 3.47. The Morgan fingerprint density at radius 1 is 0.750 bits per heavy atom. The zero-order valence-corrected chi connectivity index (χ0v) is 20.7. The molecule has 0 N–H and O–H groups in total. The van der Waals surface area contributed by atoms with Gasteiger partial charge in [0.1, 0.15) is 17.5 Å². The first-order chi connectivity index (χ1) is 17.4. The zero-order chi connectivity index (χ0) is 25.4. The summed E-state index contributed by atoms with van der Waals surface area (Å²) in [5, 5.41) is 0. The number of benzene rings is 2. The number of hydrogen-bond acceptors (Lipinski definition) is 6. The van der Waals surface area contributed by atoms with Crippen LogP contribution in [-0.4, -0.2) is 43.2 Å². The van der Waals surface area contributed by atoms with Crippen molar-refractivity contribution in [3.8, 4) is 0 Å². The van der Waals surface area contributed by atoms with Gasteiger partial charge in [0.05, 0.1) is 31.0 Å². The Kier molecular flexibility index (Phi) is 6.18. The third-order valence-electron chi connectivity index (χ3n) is 7.03. The molecular weight excluding hydrogens is 456 g/mol. The summed E-state index contributed by atoms with van der Waals surface area (Å²) >= 11 is 0. The van der Waals surface area contributed by atoms with Crippen LogP contribution in [0.25, 0.3) is 0 Å². The first kappa shape index (κ1) is 23.5. The van der Waals surface area contributed by atoms with Crippen molar-refractivity contribution in [2.24, 2.45) is 14.1 Å². The fourth-order valence-electron chi connectivity index (χ4n) is 5.10. The topological polar surface area (TPSA) is 88.2 Å². The molecule has 2 heterocycles. The molecule has 2 aromatic carbocycles. The lowest BCUT2D eigenvalue weighted by atomic mass is 9.70. The van der Waals surface area contributed by atoms with Crippen molar-refractivity contribution in [1.29, 1.82) is 0 Å². The van der Waals surface area contributed by atoms with Crippen molar-refractivity contribution >= 4 is 11.9 Å². The second kappa shape index (κ2) is 9.45. The number of hydrogen-bond donors (Lipinski definition) is 0. The van der Waals surface area contributed by atoms with Gasteiger partial charge in [-0.25, -0.2) is 19.6 Å². The molecule has 184 valence electrons. The van der Waals surface area contributed by atoms with E-state index in [9.17, 15) is 9.59 Å². The van der Waals surface area contributed by atoms with Gasteiger partial charge in [0.25, 0.3) is 0 Å². The summed E-state index contributed by atoms with van der Waals surface area (Å²) in [6, 6.07) is 16.1. The fraction of sp³-hybridized carbons (Fsp3) is 0.286. The number of aryl methyl sites for hydroxylation is 3. The summed E-state index contributed by atoms with van der Waals surface area (Å²) < 4.78 is 15.6. The zero-order valence-electron chi connectivity index (χ0n) is 20.7. The molecule has 2 aromatic heterocycles. The van der Waals surface area contributed by atoms with Crippen LogP contribution in [0.3, 0.4) is 0 Å².